The summed E-state index contributed by atoms with van der Waals surface area (Å²) in [4.78, 5) is 0. The van der Waals surface area contributed by atoms with Gasteiger partial charge in [0.15, 0.2) is 0 Å². The van der Waals surface area contributed by atoms with Gasteiger partial charge in [-0.25, -0.2) is 0 Å². The highest BCUT2D eigenvalue weighted by Crippen LogP contribution is 2.69. The van der Waals surface area contributed by atoms with Crippen molar-refractivity contribution in [1.29, 1.82) is 0 Å². The van der Waals surface area contributed by atoms with E-state index < -0.39 is 5.60 Å². The third kappa shape index (κ3) is 3.40. The molecule has 8 atom stereocenters. The average molecular weight is 431 g/mol. The van der Waals surface area contributed by atoms with E-state index >= 15 is 0 Å². The number of rotatable bonds is 5. The second kappa shape index (κ2) is 7.86. The lowest BCUT2D eigenvalue weighted by atomic mass is 9.44. The summed E-state index contributed by atoms with van der Waals surface area (Å²) in [6.45, 7) is 16.5. The molecule has 0 aromatic heterocycles. The lowest BCUT2D eigenvalue weighted by Gasteiger charge is -2.62. The van der Waals surface area contributed by atoms with E-state index in [-0.39, 0.29) is 22.3 Å². The van der Waals surface area contributed by atoms with Crippen LogP contribution >= 0.6 is 0 Å². The lowest BCUT2D eigenvalue weighted by molar-refractivity contribution is -0.153. The molecule has 0 aromatic carbocycles. The van der Waals surface area contributed by atoms with E-state index in [0.29, 0.717) is 17.8 Å². The number of aliphatic hydroxyl groups excluding tert-OH is 1. The van der Waals surface area contributed by atoms with Crippen molar-refractivity contribution < 1.29 is 10.2 Å². The largest absolute Gasteiger partial charge is 0.392 e. The van der Waals surface area contributed by atoms with Gasteiger partial charge in [0.25, 0.3) is 0 Å². The van der Waals surface area contributed by atoms with Crippen molar-refractivity contribution in [3.05, 3.63) is 11.6 Å². The van der Waals surface area contributed by atoms with Crippen LogP contribution in [0.1, 0.15) is 113 Å². The van der Waals surface area contributed by atoms with Crippen molar-refractivity contribution in [2.24, 2.45) is 45.8 Å². The molecule has 4 aliphatic rings. The molecule has 4 aliphatic carbocycles. The highest BCUT2D eigenvalue weighted by molar-refractivity contribution is 5.31. The maximum atomic E-state index is 12.1. The van der Waals surface area contributed by atoms with E-state index in [2.05, 4.69) is 54.5 Å². The van der Waals surface area contributed by atoms with Crippen molar-refractivity contribution in [1.82, 2.24) is 0 Å². The Morgan fingerprint density at radius 3 is 2.29 bits per heavy atom. The molecule has 31 heavy (non-hydrogen) atoms. The van der Waals surface area contributed by atoms with Crippen LogP contribution in [0.4, 0.5) is 0 Å². The fourth-order valence-corrected chi connectivity index (χ4v) is 9.32. The number of fused-ring (bicyclic) bond motifs is 5. The monoisotopic (exact) mass is 430 g/mol. The summed E-state index contributed by atoms with van der Waals surface area (Å²) >= 11 is 0. The van der Waals surface area contributed by atoms with Gasteiger partial charge in [-0.2, -0.15) is 0 Å². The zero-order valence-corrected chi connectivity index (χ0v) is 21.5. The topological polar surface area (TPSA) is 40.5 Å². The van der Waals surface area contributed by atoms with Crippen molar-refractivity contribution in [2.45, 2.75) is 124 Å². The standard InChI is InChI=1S/C29H50O2/c1-19(2)9-8-10-20(3)29(31)18-14-23-21-11-12-24-26(4,5)25(30)15-16-27(24,6)22(21)13-17-28(23,29)7/h12,19-23,25,30-31H,8-11,13-18H2,1-7H3/t20-,21-,22+,23+,25-,27-,28+,29+/m1/s1. The molecule has 3 saturated carbocycles. The summed E-state index contributed by atoms with van der Waals surface area (Å²) in [5.74, 6) is 3.22. The molecule has 0 aromatic rings. The van der Waals surface area contributed by atoms with Crippen LogP contribution in [0.3, 0.4) is 0 Å². The number of allylic oxidation sites excluding steroid dienone is 1. The Morgan fingerprint density at radius 1 is 0.935 bits per heavy atom. The number of hydrogen-bond donors (Lipinski definition) is 2. The van der Waals surface area contributed by atoms with Crippen LogP contribution in [-0.2, 0) is 0 Å². The molecule has 4 rings (SSSR count). The maximum Gasteiger partial charge on any atom is 0.0729 e. The maximum absolute atomic E-state index is 12.1. The summed E-state index contributed by atoms with van der Waals surface area (Å²) in [6.07, 6.45) is 13.9. The molecule has 0 aliphatic heterocycles. The van der Waals surface area contributed by atoms with Crippen LogP contribution in [0.15, 0.2) is 11.6 Å². The van der Waals surface area contributed by atoms with Crippen LogP contribution in [0.2, 0.25) is 0 Å². The zero-order valence-electron chi connectivity index (χ0n) is 21.5. The first kappa shape index (κ1) is 23.8. The first-order valence-electron chi connectivity index (χ1n) is 13.5. The first-order chi connectivity index (χ1) is 14.4. The van der Waals surface area contributed by atoms with Gasteiger partial charge in [0.1, 0.15) is 0 Å². The van der Waals surface area contributed by atoms with Crippen molar-refractivity contribution in [3.63, 3.8) is 0 Å². The summed E-state index contributed by atoms with van der Waals surface area (Å²) in [5, 5.41) is 22.9. The van der Waals surface area contributed by atoms with Gasteiger partial charge in [-0.3, -0.25) is 0 Å². The molecule has 0 bridgehead atoms. The molecular weight excluding hydrogens is 380 g/mol. The van der Waals surface area contributed by atoms with Gasteiger partial charge in [0.2, 0.25) is 0 Å². The molecule has 0 saturated heterocycles. The normalized spacial score (nSPS) is 47.4. The minimum Gasteiger partial charge on any atom is -0.392 e. The van der Waals surface area contributed by atoms with E-state index in [1.807, 2.05) is 0 Å². The van der Waals surface area contributed by atoms with E-state index in [9.17, 15) is 10.2 Å². The summed E-state index contributed by atoms with van der Waals surface area (Å²) in [5.41, 5.74) is 1.25. The Hall–Kier alpha value is -0.340. The molecule has 0 radical (unpaired) electrons. The van der Waals surface area contributed by atoms with Crippen molar-refractivity contribution in [2.75, 3.05) is 0 Å². The predicted molar refractivity (Wildman–Crippen MR) is 130 cm³/mol. The molecule has 2 N–H and O–H groups in total. The minimum atomic E-state index is -0.494. The molecule has 0 heterocycles. The smallest absolute Gasteiger partial charge is 0.0729 e. The molecule has 0 spiro atoms. The molecule has 0 unspecified atom stereocenters. The molecule has 178 valence electrons. The predicted octanol–water partition coefficient (Wildman–Crippen LogP) is 7.14. The Labute approximate surface area is 192 Å². The van der Waals surface area contributed by atoms with Gasteiger partial charge in [-0.05, 0) is 91.8 Å². The van der Waals surface area contributed by atoms with Crippen LogP contribution in [0, 0.1) is 45.8 Å². The molecule has 0 amide bonds. The van der Waals surface area contributed by atoms with Crippen LogP contribution in [0.25, 0.3) is 0 Å². The van der Waals surface area contributed by atoms with Crippen LogP contribution < -0.4 is 0 Å². The number of hydrogen-bond acceptors (Lipinski definition) is 2. The van der Waals surface area contributed by atoms with Gasteiger partial charge in [-0.1, -0.05) is 73.0 Å². The third-order valence-electron chi connectivity index (χ3n) is 11.4. The fourth-order valence-electron chi connectivity index (χ4n) is 9.32. The van der Waals surface area contributed by atoms with Gasteiger partial charge in [0, 0.05) is 5.41 Å². The quantitative estimate of drug-likeness (QED) is 0.455. The van der Waals surface area contributed by atoms with Gasteiger partial charge in [-0.15, -0.1) is 0 Å². The summed E-state index contributed by atoms with van der Waals surface area (Å²) in [6, 6.07) is 0. The molecule has 3 fully saturated rings. The SMILES string of the molecule is CC(C)CCC[C@@H](C)[C@@]1(O)CC[C@H]2[C@@H]3CC=C4C(C)(C)[C@H](O)CC[C@]4(C)[C@H]3CC[C@@]21C. The van der Waals surface area contributed by atoms with Crippen LogP contribution in [0.5, 0.6) is 0 Å². The van der Waals surface area contributed by atoms with E-state index in [1.54, 1.807) is 5.57 Å². The highest BCUT2D eigenvalue weighted by Gasteiger charge is 2.65. The fraction of sp³-hybridized carbons (Fsp3) is 0.931. The zero-order chi connectivity index (χ0) is 22.8. The van der Waals surface area contributed by atoms with Gasteiger partial charge in [0.05, 0.1) is 11.7 Å². The van der Waals surface area contributed by atoms with E-state index in [4.69, 9.17) is 0 Å². The first-order valence-corrected chi connectivity index (χ1v) is 13.5. The van der Waals surface area contributed by atoms with Crippen LogP contribution in [-0.4, -0.2) is 21.9 Å². The molecule has 2 heteroatoms. The lowest BCUT2D eigenvalue weighted by Crippen LogP contribution is -2.58. The Kier molecular flexibility index (Phi) is 6.04. The number of aliphatic hydroxyl groups is 2. The second-order valence-electron chi connectivity index (χ2n) is 13.6. The van der Waals surface area contributed by atoms with Gasteiger partial charge < -0.3 is 10.2 Å². The van der Waals surface area contributed by atoms with Gasteiger partial charge >= 0.3 is 0 Å². The Morgan fingerprint density at radius 2 is 1.61 bits per heavy atom. The van der Waals surface area contributed by atoms with Crippen molar-refractivity contribution in [3.8, 4) is 0 Å². The second-order valence-corrected chi connectivity index (χ2v) is 13.6. The van der Waals surface area contributed by atoms with Crippen molar-refractivity contribution >= 4 is 0 Å². The average Bonchev–Trinajstić information content (AvgIpc) is 2.97. The van der Waals surface area contributed by atoms with E-state index in [1.165, 1.54) is 38.5 Å². The highest BCUT2D eigenvalue weighted by atomic mass is 16.3. The molecule has 2 nitrogen and oxygen atoms in total. The minimum absolute atomic E-state index is 0.0663. The molecular formula is C29H50O2. The summed E-state index contributed by atoms with van der Waals surface area (Å²) < 4.78 is 0. The Bertz CT molecular complexity index is 708. The third-order valence-corrected chi connectivity index (χ3v) is 11.4. The Balaban J connectivity index is 1.58. The van der Waals surface area contributed by atoms with E-state index in [0.717, 1.165) is 37.5 Å². The summed E-state index contributed by atoms with van der Waals surface area (Å²) in [7, 11) is 0.